The maximum atomic E-state index is 15.7. The van der Waals surface area contributed by atoms with Crippen LogP contribution in [0.5, 0.6) is 0 Å². The van der Waals surface area contributed by atoms with E-state index in [-0.39, 0.29) is 30.6 Å². The molecule has 352 valence electrons. The Morgan fingerprint density at radius 3 is 1.95 bits per heavy atom. The van der Waals surface area contributed by atoms with Crippen molar-refractivity contribution in [2.45, 2.75) is 135 Å². The van der Waals surface area contributed by atoms with Crippen LogP contribution in [0.1, 0.15) is 114 Å². The summed E-state index contributed by atoms with van der Waals surface area (Å²) in [5.74, 6) is -6.74. The molecule has 1 amide bonds. The molecule has 14 nitrogen and oxygen atoms in total. The maximum absolute atomic E-state index is 15.7. The van der Waals surface area contributed by atoms with E-state index >= 15 is 9.59 Å². The van der Waals surface area contributed by atoms with Gasteiger partial charge >= 0.3 is 17.9 Å². The zero-order chi connectivity index (χ0) is 48.1. The van der Waals surface area contributed by atoms with Gasteiger partial charge in [0.2, 0.25) is 0 Å². The number of esters is 3. The monoisotopic (exact) mass is 907 g/mol. The quantitative estimate of drug-likeness (QED) is 0.0801. The highest BCUT2D eigenvalue weighted by Crippen LogP contribution is 2.66. The maximum Gasteiger partial charge on any atom is 0.338 e. The zero-order valence-electron chi connectivity index (χ0n) is 39.0. The Hall–Kier alpha value is -5.54. The number of carbonyl (C=O) groups excluding carboxylic acids is 6. The average Bonchev–Trinajstić information content (AvgIpc) is 3.26. The molecule has 1 aliphatic heterocycles. The lowest BCUT2D eigenvalue weighted by molar-refractivity contribution is -0.339. The van der Waals surface area contributed by atoms with E-state index in [2.05, 4.69) is 5.32 Å². The number of aliphatic hydroxyl groups is 2. The van der Waals surface area contributed by atoms with E-state index in [0.29, 0.717) is 16.7 Å². The number of hydrogen-bond donors (Lipinski definition) is 3. The van der Waals surface area contributed by atoms with Crippen molar-refractivity contribution < 1.29 is 62.7 Å². The number of amides is 1. The van der Waals surface area contributed by atoms with Gasteiger partial charge in [-0.3, -0.25) is 24.0 Å². The molecule has 11 atom stereocenters. The summed E-state index contributed by atoms with van der Waals surface area (Å²) < 4.78 is 31.2. The number of ketones is 2. The van der Waals surface area contributed by atoms with Gasteiger partial charge < -0.3 is 39.2 Å². The number of carbonyl (C=O) groups is 6. The van der Waals surface area contributed by atoms with Crippen molar-refractivity contribution in [1.82, 2.24) is 5.32 Å². The van der Waals surface area contributed by atoms with Crippen LogP contribution in [0.3, 0.4) is 0 Å². The summed E-state index contributed by atoms with van der Waals surface area (Å²) in [5.41, 5.74) is -6.62. The number of nitrogens with one attached hydrogen (secondary N) is 1. The summed E-state index contributed by atoms with van der Waals surface area (Å²) in [4.78, 5) is 85.7. The average molecular weight is 908 g/mol. The predicted molar refractivity (Wildman–Crippen MR) is 240 cm³/mol. The van der Waals surface area contributed by atoms with E-state index in [9.17, 15) is 29.4 Å². The first kappa shape index (κ1) is 48.4. The Balaban J connectivity index is 1.43. The molecule has 3 aliphatic carbocycles. The summed E-state index contributed by atoms with van der Waals surface area (Å²) in [7, 11) is 0. The number of hydrogen-bond acceptors (Lipinski definition) is 13. The molecular weight excluding hydrogens is 847 g/mol. The number of aliphatic hydroxyl groups excluding tert-OH is 1. The first-order valence-electron chi connectivity index (χ1n) is 22.5. The van der Waals surface area contributed by atoms with Crippen LogP contribution in [0.4, 0.5) is 0 Å². The molecule has 66 heavy (non-hydrogen) atoms. The normalized spacial score (nSPS) is 31.0. The van der Waals surface area contributed by atoms with Crippen LogP contribution < -0.4 is 5.32 Å². The molecule has 1 heterocycles. The van der Waals surface area contributed by atoms with Crippen LogP contribution in [0.2, 0.25) is 0 Å². The second kappa shape index (κ2) is 17.9. The zero-order valence-corrected chi connectivity index (χ0v) is 39.0. The summed E-state index contributed by atoms with van der Waals surface area (Å²) >= 11 is 0. The highest BCUT2D eigenvalue weighted by molar-refractivity contribution is 5.98. The molecule has 3 fully saturated rings. The number of rotatable bonds is 12. The molecular formula is C52H61NO13. The lowest BCUT2D eigenvalue weighted by Gasteiger charge is -2.68. The van der Waals surface area contributed by atoms with Crippen molar-refractivity contribution >= 4 is 35.4 Å². The van der Waals surface area contributed by atoms with Gasteiger partial charge in [-0.1, -0.05) is 92.7 Å². The smallest absolute Gasteiger partial charge is 0.338 e. The molecule has 1 saturated heterocycles. The summed E-state index contributed by atoms with van der Waals surface area (Å²) in [6.07, 6.45) is -7.92. The lowest BCUT2D eigenvalue weighted by Crippen LogP contribution is -2.80. The minimum Gasteiger partial charge on any atom is -0.456 e. The van der Waals surface area contributed by atoms with Gasteiger partial charge in [-0.25, -0.2) is 4.79 Å². The van der Waals surface area contributed by atoms with E-state index in [1.165, 1.54) is 13.8 Å². The van der Waals surface area contributed by atoms with Gasteiger partial charge in [0.05, 0.1) is 35.4 Å². The third-order valence-corrected chi connectivity index (χ3v) is 14.4. The fraction of sp³-hybridized carbons (Fsp3) is 0.500. The van der Waals surface area contributed by atoms with Gasteiger partial charge in [-0.05, 0) is 63.5 Å². The largest absolute Gasteiger partial charge is 0.456 e. The van der Waals surface area contributed by atoms with Crippen LogP contribution in [0, 0.1) is 22.7 Å². The van der Waals surface area contributed by atoms with E-state index < -0.39 is 118 Å². The lowest BCUT2D eigenvalue weighted by atomic mass is 9.42. The summed E-state index contributed by atoms with van der Waals surface area (Å²) in [5, 5.41) is 29.2. The molecule has 7 rings (SSSR count). The second-order valence-corrected chi connectivity index (χ2v) is 20.0. The molecule has 0 spiro atoms. The molecule has 2 saturated carbocycles. The number of Topliss-reactive ketones (excluding diaryl/α,β-unsaturated/α-hetero) is 2. The summed E-state index contributed by atoms with van der Waals surface area (Å²) in [6, 6.07) is 24.6. The van der Waals surface area contributed by atoms with E-state index in [0.717, 1.165) is 6.92 Å². The van der Waals surface area contributed by atoms with Gasteiger partial charge in [0.25, 0.3) is 5.91 Å². The summed E-state index contributed by atoms with van der Waals surface area (Å²) in [6.45, 7) is 13.9. The van der Waals surface area contributed by atoms with Gasteiger partial charge in [-0.2, -0.15) is 0 Å². The fourth-order valence-electron chi connectivity index (χ4n) is 11.3. The Kier molecular flexibility index (Phi) is 13.1. The van der Waals surface area contributed by atoms with E-state index in [4.69, 9.17) is 23.7 Å². The standard InChI is InChI=1S/C52H61NO13/c1-29-37(64-47(60)43(66-48(4,5)6)41(33-21-15-11-16-22-33)53-46(59)34-23-17-12-18-24-34)27-52(61)35(25-36(56)32-19-13-10-14-20-32)44-50(9,38(57)26-39-51(44,28-62-39)65-31(3)55)45(58)42(63-30(2)54)40(29)49(52,7)8/h10-24,35,37-39,41-44,57,61H,25-28H2,1-9H3,(H,53,59)/t35-,37+,38+,39-,41-,42-,43+,44?,50-,51-,52-/m1/s1. The first-order valence-corrected chi connectivity index (χ1v) is 22.5. The Labute approximate surface area is 385 Å². The predicted octanol–water partition coefficient (Wildman–Crippen LogP) is 6.22. The van der Waals surface area contributed by atoms with Crippen molar-refractivity contribution in [3.63, 3.8) is 0 Å². The highest BCUT2D eigenvalue weighted by Gasteiger charge is 2.77. The van der Waals surface area contributed by atoms with Crippen molar-refractivity contribution in [3.8, 4) is 0 Å². The third-order valence-electron chi connectivity index (χ3n) is 14.4. The van der Waals surface area contributed by atoms with Crippen molar-refractivity contribution in [2.24, 2.45) is 22.7 Å². The van der Waals surface area contributed by atoms with Crippen LogP contribution in [-0.4, -0.2) is 99.5 Å². The molecule has 3 aromatic carbocycles. The van der Waals surface area contributed by atoms with Crippen LogP contribution >= 0.6 is 0 Å². The van der Waals surface area contributed by atoms with Crippen molar-refractivity contribution in [3.05, 3.63) is 119 Å². The molecule has 3 aromatic rings. The first-order chi connectivity index (χ1) is 31.0. The van der Waals surface area contributed by atoms with Crippen LogP contribution in [0.25, 0.3) is 0 Å². The molecule has 0 radical (unpaired) electrons. The molecule has 3 N–H and O–H groups in total. The molecule has 14 heteroatoms. The molecule has 0 aromatic heterocycles. The topological polar surface area (TPSA) is 201 Å². The van der Waals surface area contributed by atoms with Crippen LogP contribution in [-0.2, 0) is 42.9 Å². The highest BCUT2D eigenvalue weighted by atomic mass is 16.6. The number of fused-ring (bicyclic) bond motifs is 5. The van der Waals surface area contributed by atoms with Gasteiger partial charge in [0, 0.05) is 61.5 Å². The second-order valence-electron chi connectivity index (χ2n) is 20.0. The molecule has 4 aliphatic rings. The Morgan fingerprint density at radius 2 is 1.42 bits per heavy atom. The fourth-order valence-corrected chi connectivity index (χ4v) is 11.3. The number of ether oxygens (including phenoxy) is 5. The Bertz CT molecular complexity index is 2390. The van der Waals surface area contributed by atoms with Crippen molar-refractivity contribution in [1.29, 1.82) is 0 Å². The minimum atomic E-state index is -2.15. The van der Waals surface area contributed by atoms with Gasteiger partial charge in [0.15, 0.2) is 29.4 Å². The van der Waals surface area contributed by atoms with E-state index in [1.807, 2.05) is 0 Å². The molecule has 1 unspecified atom stereocenters. The van der Waals surface area contributed by atoms with Gasteiger partial charge in [-0.15, -0.1) is 0 Å². The van der Waals surface area contributed by atoms with Gasteiger partial charge in [0.1, 0.15) is 12.2 Å². The Morgan fingerprint density at radius 1 is 0.848 bits per heavy atom. The van der Waals surface area contributed by atoms with Crippen LogP contribution in [0.15, 0.2) is 102 Å². The number of benzene rings is 3. The SMILES string of the molecule is CC(=O)O[C@H]1C(=O)[C@@]2(C)C([C@@H](CC(=O)c3ccccc3)[C@]3(O)C[C@H](OC(=O)[C@@H](OC(C)(C)C)[C@H](NC(=O)c4ccccc4)c4ccccc4)C(C)=C1C3(C)C)[C@@]1(OC(C)=O)CO[C@@H]1C[C@@H]2O. The molecule has 2 bridgehead atoms. The van der Waals surface area contributed by atoms with E-state index in [1.54, 1.807) is 133 Å². The van der Waals surface area contributed by atoms with Crippen molar-refractivity contribution in [2.75, 3.05) is 6.61 Å². The third kappa shape index (κ3) is 8.53. The minimum absolute atomic E-state index is 0.122.